The molecule has 0 bridgehead atoms. The van der Waals surface area contributed by atoms with Crippen LogP contribution in [0.25, 0.3) is 0 Å². The van der Waals surface area contributed by atoms with Crippen molar-refractivity contribution in [2.45, 2.75) is 31.7 Å². The van der Waals surface area contributed by atoms with Crippen molar-refractivity contribution in [3.63, 3.8) is 0 Å². The molecule has 2 N–H and O–H groups in total. The zero-order chi connectivity index (χ0) is 12.5. The molecule has 98 valence electrons. The highest BCUT2D eigenvalue weighted by atomic mass is 32.1. The molecule has 0 radical (unpaired) electrons. The summed E-state index contributed by atoms with van der Waals surface area (Å²) in [6.07, 6.45) is 4.01. The van der Waals surface area contributed by atoms with Crippen LogP contribution in [0.3, 0.4) is 0 Å². The molecule has 3 nitrogen and oxygen atoms in total. The number of nitrogens with zero attached hydrogens (tertiary/aromatic N) is 1. The van der Waals surface area contributed by atoms with Gasteiger partial charge in [-0.3, -0.25) is 4.79 Å². The number of fused-ring (bicyclic) bond motifs is 1. The Morgan fingerprint density at radius 2 is 2.22 bits per heavy atom. The number of hydrogen-bond acceptors (Lipinski definition) is 3. The molecule has 1 aromatic heterocycles. The van der Waals surface area contributed by atoms with Crippen molar-refractivity contribution in [1.82, 2.24) is 4.90 Å². The van der Waals surface area contributed by atoms with E-state index in [0.29, 0.717) is 30.2 Å². The number of thiophene rings is 1. The van der Waals surface area contributed by atoms with E-state index in [-0.39, 0.29) is 0 Å². The second-order valence-electron chi connectivity index (χ2n) is 5.65. The van der Waals surface area contributed by atoms with Crippen molar-refractivity contribution >= 4 is 17.2 Å². The summed E-state index contributed by atoms with van der Waals surface area (Å²) in [6, 6.07) is 4.41. The second-order valence-corrected chi connectivity index (χ2v) is 6.68. The molecule has 1 unspecified atom stereocenters. The molecule has 1 saturated heterocycles. The van der Waals surface area contributed by atoms with Gasteiger partial charge in [0.15, 0.2) is 0 Å². The smallest absolute Gasteiger partial charge is 0.227 e. The maximum absolute atomic E-state index is 12.2. The van der Waals surface area contributed by atoms with Crippen LogP contribution < -0.4 is 5.73 Å². The number of carbonyl (C=O) groups excluding carboxylic acids is 1. The van der Waals surface area contributed by atoms with E-state index < -0.39 is 0 Å². The summed E-state index contributed by atoms with van der Waals surface area (Å²) in [7, 11) is 0. The minimum absolute atomic E-state index is 0.292. The number of rotatable bonds is 2. The fourth-order valence-corrected chi connectivity index (χ4v) is 4.04. The lowest BCUT2D eigenvalue weighted by molar-refractivity contribution is -0.129. The van der Waals surface area contributed by atoms with Crippen molar-refractivity contribution in [2.24, 2.45) is 17.6 Å². The Labute approximate surface area is 112 Å². The van der Waals surface area contributed by atoms with Crippen LogP contribution in [0.2, 0.25) is 0 Å². The maximum atomic E-state index is 12.2. The molecule has 2 aliphatic rings. The van der Waals surface area contributed by atoms with Gasteiger partial charge >= 0.3 is 0 Å². The van der Waals surface area contributed by atoms with Gasteiger partial charge in [-0.2, -0.15) is 0 Å². The van der Waals surface area contributed by atoms with E-state index in [0.717, 1.165) is 25.9 Å². The molecule has 3 rings (SSSR count). The number of hydrogen-bond donors (Lipinski definition) is 1. The molecular weight excluding hydrogens is 244 g/mol. The molecule has 3 atom stereocenters. The molecule has 1 amide bonds. The lowest BCUT2D eigenvalue weighted by Crippen LogP contribution is -2.32. The molecule has 2 fully saturated rings. The van der Waals surface area contributed by atoms with Crippen LogP contribution in [0.5, 0.6) is 0 Å². The van der Waals surface area contributed by atoms with Crippen molar-refractivity contribution < 1.29 is 4.79 Å². The summed E-state index contributed by atoms with van der Waals surface area (Å²) >= 11 is 1.67. The molecule has 0 aromatic carbocycles. The third kappa shape index (κ3) is 2.45. The van der Waals surface area contributed by atoms with Gasteiger partial charge in [0.1, 0.15) is 0 Å². The Bertz CT molecular complexity index is 417. The van der Waals surface area contributed by atoms with E-state index in [9.17, 15) is 4.79 Å². The highest BCUT2D eigenvalue weighted by Gasteiger charge is 2.38. The minimum atomic E-state index is 0.292. The molecule has 1 aliphatic carbocycles. The first-order chi connectivity index (χ1) is 8.72. The quantitative estimate of drug-likeness (QED) is 0.886. The first kappa shape index (κ1) is 12.2. The fraction of sp³-hybridized carbons (Fsp3) is 0.643. The van der Waals surface area contributed by atoms with Crippen molar-refractivity contribution in [3.8, 4) is 0 Å². The lowest BCUT2D eigenvalue weighted by atomic mass is 9.79. The van der Waals surface area contributed by atoms with Crippen LogP contribution in [-0.2, 0) is 11.2 Å². The summed E-state index contributed by atoms with van der Waals surface area (Å²) in [6.45, 7) is 1.89. The zero-order valence-electron chi connectivity index (χ0n) is 10.5. The normalized spacial score (nSPS) is 31.4. The molecule has 0 spiro atoms. The molecule has 1 aromatic rings. The maximum Gasteiger partial charge on any atom is 0.227 e. The van der Waals surface area contributed by atoms with Gasteiger partial charge in [-0.25, -0.2) is 0 Å². The van der Waals surface area contributed by atoms with Gasteiger partial charge in [0, 0.05) is 24.0 Å². The van der Waals surface area contributed by atoms with E-state index >= 15 is 0 Å². The standard InChI is InChI=1S/C14H20N2OS/c15-12-4-3-10-8-16(9-11(10)6-12)14(17)7-13-2-1-5-18-13/h1-2,5,10-12H,3-4,6-9,15H2/t10-,11+,12?/m1/s1. The molecule has 4 heteroatoms. The molecule has 18 heavy (non-hydrogen) atoms. The average Bonchev–Trinajstić information content (AvgIpc) is 2.96. The van der Waals surface area contributed by atoms with Gasteiger partial charge in [0.05, 0.1) is 6.42 Å². The van der Waals surface area contributed by atoms with Gasteiger partial charge in [-0.05, 0) is 42.5 Å². The number of carbonyl (C=O) groups is 1. The van der Waals surface area contributed by atoms with E-state index in [1.54, 1.807) is 11.3 Å². The summed E-state index contributed by atoms with van der Waals surface area (Å²) in [5.41, 5.74) is 6.02. The molecular formula is C14H20N2OS. The average molecular weight is 264 g/mol. The number of likely N-dealkylation sites (tertiary alicyclic amines) is 1. The van der Waals surface area contributed by atoms with Crippen molar-refractivity contribution in [3.05, 3.63) is 22.4 Å². The van der Waals surface area contributed by atoms with Gasteiger partial charge in [0.2, 0.25) is 5.91 Å². The predicted octanol–water partition coefficient (Wildman–Crippen LogP) is 1.88. The minimum Gasteiger partial charge on any atom is -0.342 e. The van der Waals surface area contributed by atoms with Crippen molar-refractivity contribution in [2.75, 3.05) is 13.1 Å². The van der Waals surface area contributed by atoms with Crippen LogP contribution in [0, 0.1) is 11.8 Å². The summed E-state index contributed by atoms with van der Waals surface area (Å²) in [5.74, 6) is 1.65. The van der Waals surface area contributed by atoms with E-state index in [2.05, 4.69) is 4.90 Å². The van der Waals surface area contributed by atoms with Crippen LogP contribution in [0.4, 0.5) is 0 Å². The summed E-state index contributed by atoms with van der Waals surface area (Å²) in [4.78, 5) is 15.5. The Morgan fingerprint density at radius 1 is 1.39 bits per heavy atom. The van der Waals surface area contributed by atoms with Crippen LogP contribution in [0.15, 0.2) is 17.5 Å². The van der Waals surface area contributed by atoms with Crippen molar-refractivity contribution in [1.29, 1.82) is 0 Å². The first-order valence-corrected chi connectivity index (χ1v) is 7.66. The van der Waals surface area contributed by atoms with Crippen LogP contribution in [-0.4, -0.2) is 29.9 Å². The molecule has 2 heterocycles. The van der Waals surface area contributed by atoms with Gasteiger partial charge in [0.25, 0.3) is 0 Å². The third-order valence-electron chi connectivity index (χ3n) is 4.35. The lowest BCUT2D eigenvalue weighted by Gasteiger charge is -2.27. The Kier molecular flexibility index (Phi) is 3.39. The Morgan fingerprint density at radius 3 is 3.00 bits per heavy atom. The topological polar surface area (TPSA) is 46.3 Å². The predicted molar refractivity (Wildman–Crippen MR) is 73.4 cm³/mol. The van der Waals surface area contributed by atoms with Gasteiger partial charge < -0.3 is 10.6 Å². The van der Waals surface area contributed by atoms with Crippen LogP contribution in [0.1, 0.15) is 24.1 Å². The molecule has 1 saturated carbocycles. The molecule has 1 aliphatic heterocycles. The first-order valence-electron chi connectivity index (χ1n) is 6.78. The van der Waals surface area contributed by atoms with Crippen LogP contribution >= 0.6 is 11.3 Å². The second kappa shape index (κ2) is 5.02. The summed E-state index contributed by atoms with van der Waals surface area (Å²) < 4.78 is 0. The van der Waals surface area contributed by atoms with E-state index in [1.165, 1.54) is 11.3 Å². The SMILES string of the molecule is NC1CC[C@@H]2CN(C(=O)Cc3cccs3)C[C@@H]2C1. The Hall–Kier alpha value is -0.870. The number of amides is 1. The largest absolute Gasteiger partial charge is 0.342 e. The van der Waals surface area contributed by atoms with Gasteiger partial charge in [-0.15, -0.1) is 11.3 Å². The van der Waals surface area contributed by atoms with Gasteiger partial charge in [-0.1, -0.05) is 6.07 Å². The zero-order valence-corrected chi connectivity index (χ0v) is 11.4. The summed E-state index contributed by atoms with van der Waals surface area (Å²) in [5, 5.41) is 2.03. The third-order valence-corrected chi connectivity index (χ3v) is 5.22. The van der Waals surface area contributed by atoms with E-state index in [4.69, 9.17) is 5.73 Å². The monoisotopic (exact) mass is 264 g/mol. The fourth-order valence-electron chi connectivity index (χ4n) is 3.35. The Balaban J connectivity index is 1.59. The highest BCUT2D eigenvalue weighted by molar-refractivity contribution is 7.10. The van der Waals surface area contributed by atoms with E-state index in [1.807, 2.05) is 17.5 Å². The number of nitrogens with two attached hydrogens (primary N) is 1. The highest BCUT2D eigenvalue weighted by Crippen LogP contribution is 2.35.